The second-order valence-corrected chi connectivity index (χ2v) is 3.82. The van der Waals surface area contributed by atoms with Gasteiger partial charge in [0.2, 0.25) is 17.8 Å². The molecule has 0 fully saturated rings. The van der Waals surface area contributed by atoms with Crippen LogP contribution in [-0.4, -0.2) is 47.6 Å². The third-order valence-corrected chi connectivity index (χ3v) is 2.27. The third kappa shape index (κ3) is 4.57. The monoisotopic (exact) mass is 268 g/mol. The maximum absolute atomic E-state index is 11.0. The average molecular weight is 268 g/mol. The van der Waals surface area contributed by atoms with Gasteiger partial charge in [0.05, 0.1) is 13.2 Å². The highest BCUT2D eigenvalue weighted by Gasteiger charge is 2.14. The van der Waals surface area contributed by atoms with Gasteiger partial charge in [0, 0.05) is 13.6 Å². The molecule has 1 rings (SSSR count). The quantitative estimate of drug-likeness (QED) is 0.684. The Morgan fingerprint density at radius 3 is 2.63 bits per heavy atom. The molecule has 3 N–H and O–H groups in total. The molecule has 0 saturated heterocycles. The number of nitrogens with zero attached hydrogens (tertiary/aromatic N) is 4. The van der Waals surface area contributed by atoms with E-state index in [9.17, 15) is 4.79 Å². The van der Waals surface area contributed by atoms with Gasteiger partial charge in [-0.2, -0.15) is 15.0 Å². The number of anilines is 2. The van der Waals surface area contributed by atoms with Crippen LogP contribution < -0.4 is 20.7 Å². The van der Waals surface area contributed by atoms with Crippen LogP contribution in [0.4, 0.5) is 11.9 Å². The second-order valence-electron chi connectivity index (χ2n) is 3.82. The first-order chi connectivity index (χ1) is 9.10. The maximum Gasteiger partial charge on any atom is 0.323 e. The van der Waals surface area contributed by atoms with Crippen molar-refractivity contribution >= 4 is 17.8 Å². The molecule has 1 amide bonds. The van der Waals surface area contributed by atoms with Gasteiger partial charge in [-0.15, -0.1) is 0 Å². The number of carbonyl (C=O) groups is 1. The summed E-state index contributed by atoms with van der Waals surface area (Å²) in [6.07, 6.45) is 0.856. The molecule has 1 aromatic heterocycles. The van der Waals surface area contributed by atoms with Crippen molar-refractivity contribution in [3.8, 4) is 6.01 Å². The van der Waals surface area contributed by atoms with Crippen molar-refractivity contribution in [3.05, 3.63) is 0 Å². The van der Waals surface area contributed by atoms with Gasteiger partial charge in [0.15, 0.2) is 0 Å². The van der Waals surface area contributed by atoms with E-state index in [0.29, 0.717) is 25.0 Å². The smallest absolute Gasteiger partial charge is 0.323 e. The number of aromatic nitrogens is 3. The predicted octanol–water partition coefficient (Wildman–Crippen LogP) is 0.0137. The van der Waals surface area contributed by atoms with Crippen LogP contribution in [0.5, 0.6) is 6.01 Å². The van der Waals surface area contributed by atoms with E-state index in [4.69, 9.17) is 10.5 Å². The van der Waals surface area contributed by atoms with Crippen molar-refractivity contribution in [1.29, 1.82) is 0 Å². The number of carbonyl (C=O) groups excluding carboxylic acids is 1. The summed E-state index contributed by atoms with van der Waals surface area (Å²) in [6.45, 7) is 5.01. The molecule has 0 aliphatic rings. The Hall–Kier alpha value is -2.12. The topological polar surface area (TPSA) is 106 Å². The van der Waals surface area contributed by atoms with Gasteiger partial charge < -0.3 is 20.7 Å². The Morgan fingerprint density at radius 1 is 1.37 bits per heavy atom. The van der Waals surface area contributed by atoms with Crippen LogP contribution in [0.2, 0.25) is 0 Å². The molecule has 106 valence electrons. The Morgan fingerprint density at radius 2 is 2.11 bits per heavy atom. The van der Waals surface area contributed by atoms with Crippen LogP contribution in [0, 0.1) is 0 Å². The maximum atomic E-state index is 11.0. The zero-order valence-electron chi connectivity index (χ0n) is 11.5. The van der Waals surface area contributed by atoms with Gasteiger partial charge in [0.25, 0.3) is 0 Å². The first kappa shape index (κ1) is 14.9. The minimum absolute atomic E-state index is 0.0525. The summed E-state index contributed by atoms with van der Waals surface area (Å²) in [5, 5.41) is 2.83. The highest BCUT2D eigenvalue weighted by Crippen LogP contribution is 2.14. The number of nitrogens with one attached hydrogen (secondary N) is 1. The summed E-state index contributed by atoms with van der Waals surface area (Å²) >= 11 is 0. The number of rotatable bonds is 8. The number of hydrogen-bond acceptors (Lipinski definition) is 7. The van der Waals surface area contributed by atoms with E-state index in [1.54, 1.807) is 11.9 Å². The molecule has 0 bridgehead atoms. The van der Waals surface area contributed by atoms with Gasteiger partial charge in [-0.3, -0.25) is 4.79 Å². The van der Waals surface area contributed by atoms with Crippen LogP contribution in [0.15, 0.2) is 0 Å². The number of ether oxygens (including phenoxy) is 1. The summed E-state index contributed by atoms with van der Waals surface area (Å²) in [7, 11) is 1.70. The van der Waals surface area contributed by atoms with E-state index < -0.39 is 5.91 Å². The van der Waals surface area contributed by atoms with E-state index in [-0.39, 0.29) is 12.6 Å². The largest absolute Gasteiger partial charge is 0.463 e. The number of likely N-dealkylation sites (N-methyl/N-ethyl adjacent to an activating group) is 1. The zero-order valence-corrected chi connectivity index (χ0v) is 11.5. The summed E-state index contributed by atoms with van der Waals surface area (Å²) in [6, 6.07) is 0.235. The van der Waals surface area contributed by atoms with Crippen LogP contribution in [0.1, 0.15) is 20.3 Å². The lowest BCUT2D eigenvalue weighted by molar-refractivity contribution is -0.116. The molecule has 8 heteroatoms. The molecule has 1 aromatic rings. The van der Waals surface area contributed by atoms with Crippen LogP contribution in [-0.2, 0) is 4.79 Å². The molecular formula is C11H20N6O2. The number of primary amides is 1. The van der Waals surface area contributed by atoms with Crippen molar-refractivity contribution in [2.75, 3.05) is 37.0 Å². The fourth-order valence-corrected chi connectivity index (χ4v) is 1.37. The summed E-state index contributed by atoms with van der Waals surface area (Å²) in [5.41, 5.74) is 5.20. The standard InChI is InChI=1S/C11H20N6O2/c1-4-6-19-11-15-9(13-3)14-10(16-11)17(5-2)7-8(12)18/h4-7H2,1-3H3,(H2,12,18)(H,13,14,15,16). The third-order valence-electron chi connectivity index (χ3n) is 2.27. The summed E-state index contributed by atoms with van der Waals surface area (Å²) in [4.78, 5) is 25.1. The molecular weight excluding hydrogens is 248 g/mol. The fourth-order valence-electron chi connectivity index (χ4n) is 1.37. The molecule has 1 heterocycles. The first-order valence-corrected chi connectivity index (χ1v) is 6.20. The average Bonchev–Trinajstić information content (AvgIpc) is 2.41. The van der Waals surface area contributed by atoms with Crippen molar-refractivity contribution in [2.45, 2.75) is 20.3 Å². The van der Waals surface area contributed by atoms with E-state index in [1.807, 2.05) is 13.8 Å². The molecule has 0 aliphatic heterocycles. The Bertz CT molecular complexity index is 426. The normalized spacial score (nSPS) is 10.1. The van der Waals surface area contributed by atoms with Crippen molar-refractivity contribution in [2.24, 2.45) is 5.73 Å². The number of amides is 1. The minimum atomic E-state index is -0.440. The lowest BCUT2D eigenvalue weighted by atomic mass is 10.5. The van der Waals surface area contributed by atoms with Gasteiger partial charge in [-0.1, -0.05) is 6.92 Å². The minimum Gasteiger partial charge on any atom is -0.463 e. The van der Waals surface area contributed by atoms with Crippen molar-refractivity contribution in [3.63, 3.8) is 0 Å². The number of hydrogen-bond donors (Lipinski definition) is 2. The molecule has 19 heavy (non-hydrogen) atoms. The van der Waals surface area contributed by atoms with Gasteiger partial charge >= 0.3 is 6.01 Å². The number of nitrogens with two attached hydrogens (primary N) is 1. The van der Waals surface area contributed by atoms with E-state index in [0.717, 1.165) is 6.42 Å². The van der Waals surface area contributed by atoms with E-state index in [2.05, 4.69) is 20.3 Å². The van der Waals surface area contributed by atoms with Gasteiger partial charge in [-0.25, -0.2) is 0 Å². The highest BCUT2D eigenvalue weighted by molar-refractivity contribution is 5.78. The molecule has 0 saturated carbocycles. The van der Waals surface area contributed by atoms with E-state index >= 15 is 0 Å². The predicted molar refractivity (Wildman–Crippen MR) is 72.2 cm³/mol. The van der Waals surface area contributed by atoms with E-state index in [1.165, 1.54) is 0 Å². The molecule has 0 radical (unpaired) electrons. The molecule has 0 atom stereocenters. The Labute approximate surface area is 112 Å². The van der Waals surface area contributed by atoms with Crippen LogP contribution in [0.25, 0.3) is 0 Å². The zero-order chi connectivity index (χ0) is 14.3. The fraction of sp³-hybridized carbons (Fsp3) is 0.636. The molecule has 8 nitrogen and oxygen atoms in total. The summed E-state index contributed by atoms with van der Waals surface area (Å²) in [5.74, 6) is 0.315. The molecule has 0 spiro atoms. The lowest BCUT2D eigenvalue weighted by Gasteiger charge is -2.19. The van der Waals surface area contributed by atoms with Gasteiger partial charge in [-0.05, 0) is 13.3 Å². The van der Waals surface area contributed by atoms with Gasteiger partial charge in [0.1, 0.15) is 0 Å². The van der Waals surface area contributed by atoms with Crippen LogP contribution >= 0.6 is 0 Å². The molecule has 0 aliphatic carbocycles. The highest BCUT2D eigenvalue weighted by atomic mass is 16.5. The second kappa shape index (κ2) is 7.34. The Balaban J connectivity index is 2.99. The lowest BCUT2D eigenvalue weighted by Crippen LogP contribution is -2.35. The summed E-state index contributed by atoms with van der Waals surface area (Å²) < 4.78 is 5.39. The van der Waals surface area contributed by atoms with Crippen molar-refractivity contribution < 1.29 is 9.53 Å². The SMILES string of the molecule is CCCOc1nc(NC)nc(N(CC)CC(N)=O)n1. The van der Waals surface area contributed by atoms with Crippen molar-refractivity contribution in [1.82, 2.24) is 15.0 Å². The first-order valence-electron chi connectivity index (χ1n) is 6.20. The molecule has 0 aromatic carbocycles. The van der Waals surface area contributed by atoms with Crippen LogP contribution in [0.3, 0.4) is 0 Å². The molecule has 0 unspecified atom stereocenters. The Kier molecular flexibility index (Phi) is 5.77.